The second-order valence-corrected chi connectivity index (χ2v) is 40.0. The standard InChI is InChI=1S/C22H25N3O3S.3C21H23N3O3S.C20H16F3N3O/c1-4-13-25-21-14-18(28-5-2)11-12-19(21)20(15-23)22(25)16-7-9-17(10-8-16)24-29(26,27)6-3;1-5-27-17-10-11-18-19(13-22)21(24(14(2)3)20(18)12-17)15-6-8-16(9-7-15)23-28(4,25)26;1-4-12-24-20-13-17(27-5-2)10-11-18(20)19(14-22)21(24)15-6-8-16(9-7-15)23-28(3,25)26;1-4-24-20-13-17(27-5-2)11-12-18(20)19(14-22)21(24)15-7-9-16(10-8-15)23-28(25,26)6-3;1-3-26-18-10-14(20(21,22)23)6-9-16(18)17(11-24)19(26)13-4-7-15(8-5-13)25-12(2)27/h7-12,14,24H,4-6,13H2,1-3H3;6-12,14,23H,5H2,1-4H3;6-11,13,23H,4-5,12H2,1-3H3;7-13,23H,4-6H2,1-3H3;4-10H,3H2,1-2H3,(H,25,27). The van der Waals surface area contributed by atoms with E-state index in [1.807, 2.05) is 163 Å². The average molecular weight is 1980 g/mol. The Balaban J connectivity index is 0.000000167. The molecule has 35 heteroatoms. The third kappa shape index (κ3) is 24.7. The molecule has 728 valence electrons. The van der Waals surface area contributed by atoms with E-state index >= 15 is 0 Å². The number of carbonyl (C=O) groups is 1. The van der Waals surface area contributed by atoms with Crippen LogP contribution in [0.1, 0.15) is 142 Å². The van der Waals surface area contributed by atoms with E-state index in [0.717, 1.165) is 162 Å². The van der Waals surface area contributed by atoms with E-state index in [4.69, 9.17) is 18.9 Å². The van der Waals surface area contributed by atoms with Gasteiger partial charge in [0.15, 0.2) is 0 Å². The SMILES string of the molecule is CCCn1c(-c2ccc(NS(=O)(=O)CC)cc2)c(C#N)c2ccc(OCC)cc21.CCCn1c(-c2ccc(NS(C)(=O)=O)cc2)c(C#N)c2ccc(OCC)cc21.CCOc1ccc2c(C#N)c(-c3ccc(NS(=O)(=O)CC)cc3)n(CC)c2c1.CCOc1ccc2c(C#N)c(-c3ccc(NS(C)(=O)=O)cc3)n(C(C)C)c2c1.CCn1c(-c2ccc(NC(C)=O)cc2)c(C#N)c2ccc(C(F)(F)F)cc21. The number of aromatic nitrogens is 5. The number of fused-ring (bicyclic) bond motifs is 5. The van der Waals surface area contributed by atoms with Crippen molar-refractivity contribution in [1.82, 2.24) is 22.8 Å². The number of alkyl halides is 3. The third-order valence-electron chi connectivity index (χ3n) is 22.3. The van der Waals surface area contributed by atoms with Gasteiger partial charge in [-0.1, -0.05) is 80.6 Å². The molecule has 0 aliphatic heterocycles. The normalized spacial score (nSPS) is 11.4. The molecule has 5 aromatic heterocycles. The molecule has 0 unspecified atom stereocenters. The maximum absolute atomic E-state index is 13.1. The van der Waals surface area contributed by atoms with Crippen LogP contribution in [0, 0.1) is 56.7 Å². The van der Waals surface area contributed by atoms with Crippen molar-refractivity contribution in [3.05, 3.63) is 246 Å². The number of benzene rings is 10. The van der Waals surface area contributed by atoms with Crippen molar-refractivity contribution in [2.45, 2.75) is 141 Å². The molecule has 0 saturated heterocycles. The van der Waals surface area contributed by atoms with Gasteiger partial charge in [0.1, 0.15) is 53.3 Å². The number of nitrogens with zero attached hydrogens (tertiary/aromatic N) is 10. The number of anilines is 5. The highest BCUT2D eigenvalue weighted by molar-refractivity contribution is 7.93. The van der Waals surface area contributed by atoms with Crippen LogP contribution < -0.4 is 43.2 Å². The van der Waals surface area contributed by atoms with Gasteiger partial charge in [0.25, 0.3) is 0 Å². The third-order valence-corrected chi connectivity index (χ3v) is 26.2. The maximum atomic E-state index is 13.1. The lowest BCUT2D eigenvalue weighted by atomic mass is 10.0. The minimum Gasteiger partial charge on any atom is -0.494 e. The lowest BCUT2D eigenvalue weighted by molar-refractivity contribution is -0.137. The molecule has 0 spiro atoms. The number of amides is 1. The van der Waals surface area contributed by atoms with Gasteiger partial charge in [0.05, 0.1) is 140 Å². The van der Waals surface area contributed by atoms with Crippen LogP contribution in [-0.4, -0.2) is 113 Å². The summed E-state index contributed by atoms with van der Waals surface area (Å²) in [6.45, 7) is 29.4. The first-order valence-electron chi connectivity index (χ1n) is 45.4. The quantitative estimate of drug-likeness (QED) is 0.0269. The van der Waals surface area contributed by atoms with Gasteiger partial charge in [0, 0.05) is 119 Å². The Morgan fingerprint density at radius 2 is 0.607 bits per heavy atom. The van der Waals surface area contributed by atoms with Crippen LogP contribution in [0.5, 0.6) is 23.0 Å². The van der Waals surface area contributed by atoms with Crippen molar-refractivity contribution in [1.29, 1.82) is 26.3 Å². The number of hydrogen-bond donors (Lipinski definition) is 5. The fourth-order valence-electron chi connectivity index (χ4n) is 16.6. The molecule has 0 bridgehead atoms. The van der Waals surface area contributed by atoms with E-state index in [0.29, 0.717) is 118 Å². The molecule has 1 amide bonds. The lowest BCUT2D eigenvalue weighted by Crippen LogP contribution is -2.14. The molecule has 15 rings (SSSR count). The Morgan fingerprint density at radius 3 is 0.871 bits per heavy atom. The zero-order chi connectivity index (χ0) is 102. The smallest absolute Gasteiger partial charge is 0.416 e. The Bertz CT molecular complexity index is 7790. The zero-order valence-corrected chi connectivity index (χ0v) is 83.6. The Kier molecular flexibility index (Phi) is 34.5. The number of aryl methyl sites for hydroxylation is 4. The predicted octanol–water partition coefficient (Wildman–Crippen LogP) is 23.2. The first-order valence-corrected chi connectivity index (χ1v) is 52.5. The summed E-state index contributed by atoms with van der Waals surface area (Å²) in [6.07, 6.45) is -0.405. The van der Waals surface area contributed by atoms with Crippen molar-refractivity contribution in [3.8, 4) is 110 Å². The van der Waals surface area contributed by atoms with Gasteiger partial charge in [0.2, 0.25) is 46.0 Å². The Hall–Kier alpha value is -15.2. The number of rotatable bonds is 31. The molecule has 28 nitrogen and oxygen atoms in total. The van der Waals surface area contributed by atoms with Gasteiger partial charge in [-0.3, -0.25) is 23.7 Å². The van der Waals surface area contributed by atoms with E-state index in [1.165, 1.54) is 13.0 Å². The first kappa shape index (κ1) is 105. The van der Waals surface area contributed by atoms with Crippen LogP contribution in [-0.2, 0) is 77.2 Å². The van der Waals surface area contributed by atoms with Crippen molar-refractivity contribution in [2.75, 3.05) is 74.6 Å². The topological polar surface area (TPSA) is 394 Å². The Morgan fingerprint density at radius 1 is 0.350 bits per heavy atom. The molecule has 0 atom stereocenters. The number of nitrogens with one attached hydrogen (secondary N) is 5. The van der Waals surface area contributed by atoms with Crippen molar-refractivity contribution < 1.29 is 70.6 Å². The predicted molar refractivity (Wildman–Crippen MR) is 550 cm³/mol. The van der Waals surface area contributed by atoms with Gasteiger partial charge in [-0.15, -0.1) is 0 Å². The van der Waals surface area contributed by atoms with E-state index in [2.05, 4.69) is 101 Å². The monoisotopic (exact) mass is 1970 g/mol. The van der Waals surface area contributed by atoms with Gasteiger partial charge < -0.3 is 47.1 Å². The maximum Gasteiger partial charge on any atom is 0.416 e. The van der Waals surface area contributed by atoms with Crippen LogP contribution >= 0.6 is 0 Å². The Labute approximate surface area is 814 Å². The highest BCUT2D eigenvalue weighted by Crippen LogP contribution is 2.44. The molecule has 0 fully saturated rings. The summed E-state index contributed by atoms with van der Waals surface area (Å²) in [6, 6.07) is 73.3. The van der Waals surface area contributed by atoms with Gasteiger partial charge in [-0.05, 0) is 231 Å². The van der Waals surface area contributed by atoms with Crippen molar-refractivity contribution in [3.63, 3.8) is 0 Å². The van der Waals surface area contributed by atoms with E-state index in [9.17, 15) is 77.9 Å². The summed E-state index contributed by atoms with van der Waals surface area (Å²) in [5, 5.41) is 55.7. The fourth-order valence-corrected chi connectivity index (χ4v) is 19.0. The molecule has 15 aromatic rings. The van der Waals surface area contributed by atoms with Gasteiger partial charge >= 0.3 is 6.18 Å². The molecule has 140 heavy (non-hydrogen) atoms. The van der Waals surface area contributed by atoms with E-state index in [-0.39, 0.29) is 23.5 Å². The molecule has 0 aliphatic carbocycles. The van der Waals surface area contributed by atoms with Crippen LogP contribution in [0.4, 0.5) is 41.6 Å². The van der Waals surface area contributed by atoms with Crippen LogP contribution in [0.15, 0.2) is 212 Å². The number of sulfonamides is 4. The molecular formula is C105H110F3N15O13S4. The minimum atomic E-state index is -4.45. The number of halogens is 3. The van der Waals surface area contributed by atoms with Crippen molar-refractivity contribution >= 4 is 129 Å². The number of ether oxygens (including phenoxy) is 4. The summed E-state index contributed by atoms with van der Waals surface area (Å²) >= 11 is 0. The molecule has 0 radical (unpaired) electrons. The zero-order valence-electron chi connectivity index (χ0n) is 80.3. The second kappa shape index (κ2) is 45.8. The molecule has 5 heterocycles. The summed E-state index contributed by atoms with van der Waals surface area (Å²) in [4.78, 5) is 11.1. The van der Waals surface area contributed by atoms with Crippen LogP contribution in [0.3, 0.4) is 0 Å². The molecule has 0 aliphatic rings. The lowest BCUT2D eigenvalue weighted by Gasteiger charge is -2.16. The largest absolute Gasteiger partial charge is 0.494 e. The summed E-state index contributed by atoms with van der Waals surface area (Å²) in [7, 11) is -13.3. The first-order chi connectivity index (χ1) is 66.7. The van der Waals surface area contributed by atoms with Crippen LogP contribution in [0.25, 0.3) is 111 Å². The van der Waals surface area contributed by atoms with Gasteiger partial charge in [-0.2, -0.15) is 39.5 Å². The fraction of sp³-hybridized carbons (Fsp3) is 0.276. The van der Waals surface area contributed by atoms with Crippen molar-refractivity contribution in [2.24, 2.45) is 0 Å². The highest BCUT2D eigenvalue weighted by Gasteiger charge is 2.33. The molecular weight excluding hydrogens is 1860 g/mol. The second-order valence-electron chi connectivity index (χ2n) is 32.4. The summed E-state index contributed by atoms with van der Waals surface area (Å²) in [5.74, 6) is 2.90. The number of carbonyl (C=O) groups excluding carboxylic acids is 1. The van der Waals surface area contributed by atoms with Gasteiger partial charge in [-0.25, -0.2) is 33.7 Å². The highest BCUT2D eigenvalue weighted by atomic mass is 32.2. The molecule has 5 N–H and O–H groups in total. The molecule has 0 saturated carbocycles. The van der Waals surface area contributed by atoms with E-state index in [1.54, 1.807) is 91.2 Å². The number of nitriles is 5. The molecule has 10 aromatic carbocycles. The summed E-state index contributed by atoms with van der Waals surface area (Å²) in [5.41, 5.74) is 16.7. The summed E-state index contributed by atoms with van der Waals surface area (Å²) < 4.78 is 175. The van der Waals surface area contributed by atoms with E-state index < -0.39 is 51.8 Å². The minimum absolute atomic E-state index is 0.0135. The van der Waals surface area contributed by atoms with Crippen LogP contribution in [0.2, 0.25) is 0 Å². The number of hydrogen-bond acceptors (Lipinski definition) is 18. The average Bonchev–Trinajstić information content (AvgIpc) is 1.61.